The van der Waals surface area contributed by atoms with Crippen molar-refractivity contribution in [3.63, 3.8) is 0 Å². The first-order valence-corrected chi connectivity index (χ1v) is 8.28. The summed E-state index contributed by atoms with van der Waals surface area (Å²) in [7, 11) is 0. The number of nitrogens with zero attached hydrogens (tertiary/aromatic N) is 3. The maximum absolute atomic E-state index is 13.6. The standard InChI is InChI=1S/C17H19BrFN3/c18-15-4-1-3-14(11-15)12-21-7-9-22(10-8-21)13-17-16(19)5-2-6-20-17/h1-6,11H,7-10,12-13H2. The van der Waals surface area contributed by atoms with Crippen molar-refractivity contribution in [2.45, 2.75) is 13.1 Å². The van der Waals surface area contributed by atoms with Gasteiger partial charge in [-0.15, -0.1) is 0 Å². The molecule has 1 aromatic heterocycles. The third-order valence-corrected chi connectivity index (χ3v) is 4.46. The molecule has 116 valence electrons. The van der Waals surface area contributed by atoms with Gasteiger partial charge in [-0.05, 0) is 29.8 Å². The molecule has 2 heterocycles. The van der Waals surface area contributed by atoms with Crippen molar-refractivity contribution < 1.29 is 4.39 Å². The molecule has 0 unspecified atom stereocenters. The van der Waals surface area contributed by atoms with Crippen molar-refractivity contribution in [1.29, 1.82) is 0 Å². The minimum Gasteiger partial charge on any atom is -0.297 e. The number of hydrogen-bond donors (Lipinski definition) is 0. The lowest BCUT2D eigenvalue weighted by atomic mass is 10.2. The summed E-state index contributed by atoms with van der Waals surface area (Å²) >= 11 is 3.51. The highest BCUT2D eigenvalue weighted by Crippen LogP contribution is 2.15. The average Bonchev–Trinajstić information content (AvgIpc) is 2.52. The number of aromatic nitrogens is 1. The molecule has 1 aromatic carbocycles. The third-order valence-electron chi connectivity index (χ3n) is 3.97. The molecule has 0 aliphatic carbocycles. The van der Waals surface area contributed by atoms with E-state index in [2.05, 4.69) is 48.9 Å². The van der Waals surface area contributed by atoms with Crippen LogP contribution in [0.4, 0.5) is 4.39 Å². The molecule has 1 aliphatic heterocycles. The fourth-order valence-corrected chi connectivity index (χ4v) is 3.19. The summed E-state index contributed by atoms with van der Waals surface area (Å²) in [4.78, 5) is 8.84. The van der Waals surface area contributed by atoms with Gasteiger partial charge < -0.3 is 0 Å². The van der Waals surface area contributed by atoms with Gasteiger partial charge in [0.2, 0.25) is 0 Å². The van der Waals surface area contributed by atoms with E-state index in [9.17, 15) is 4.39 Å². The highest BCUT2D eigenvalue weighted by molar-refractivity contribution is 9.10. The van der Waals surface area contributed by atoms with Crippen LogP contribution in [-0.2, 0) is 13.1 Å². The molecular formula is C17H19BrFN3. The second kappa shape index (κ2) is 7.31. The van der Waals surface area contributed by atoms with Gasteiger partial charge in [0.25, 0.3) is 0 Å². The maximum atomic E-state index is 13.6. The van der Waals surface area contributed by atoms with Crippen LogP contribution in [0.1, 0.15) is 11.3 Å². The normalized spacial score (nSPS) is 16.8. The number of hydrogen-bond acceptors (Lipinski definition) is 3. The predicted octanol–water partition coefficient (Wildman–Crippen LogP) is 3.30. The van der Waals surface area contributed by atoms with E-state index in [-0.39, 0.29) is 5.82 Å². The predicted molar refractivity (Wildman–Crippen MR) is 88.9 cm³/mol. The smallest absolute Gasteiger partial charge is 0.146 e. The number of benzene rings is 1. The molecule has 0 saturated carbocycles. The van der Waals surface area contributed by atoms with Gasteiger partial charge >= 0.3 is 0 Å². The highest BCUT2D eigenvalue weighted by Gasteiger charge is 2.18. The van der Waals surface area contributed by atoms with Crippen LogP contribution in [-0.4, -0.2) is 41.0 Å². The molecule has 0 atom stereocenters. The van der Waals surface area contributed by atoms with Gasteiger partial charge in [-0.3, -0.25) is 14.8 Å². The van der Waals surface area contributed by atoms with Crippen LogP contribution in [0.15, 0.2) is 47.1 Å². The van der Waals surface area contributed by atoms with Crippen molar-refractivity contribution in [2.75, 3.05) is 26.2 Å². The zero-order valence-corrected chi connectivity index (χ0v) is 14.0. The van der Waals surface area contributed by atoms with Crippen molar-refractivity contribution in [2.24, 2.45) is 0 Å². The first-order valence-electron chi connectivity index (χ1n) is 7.49. The third kappa shape index (κ3) is 4.12. The fourth-order valence-electron chi connectivity index (χ4n) is 2.75. The lowest BCUT2D eigenvalue weighted by Crippen LogP contribution is -2.45. The van der Waals surface area contributed by atoms with Gasteiger partial charge in [0.15, 0.2) is 0 Å². The number of piperazine rings is 1. The molecule has 1 saturated heterocycles. The maximum Gasteiger partial charge on any atom is 0.146 e. The number of rotatable bonds is 4. The van der Waals surface area contributed by atoms with Crippen molar-refractivity contribution in [3.05, 3.63) is 64.1 Å². The Morgan fingerprint density at radius 1 is 1.00 bits per heavy atom. The lowest BCUT2D eigenvalue weighted by molar-refractivity contribution is 0.120. The van der Waals surface area contributed by atoms with E-state index in [1.165, 1.54) is 11.6 Å². The molecule has 3 nitrogen and oxygen atoms in total. The second-order valence-corrected chi connectivity index (χ2v) is 6.53. The summed E-state index contributed by atoms with van der Waals surface area (Å²) < 4.78 is 14.8. The minimum absolute atomic E-state index is 0.209. The Morgan fingerprint density at radius 2 is 1.73 bits per heavy atom. The Morgan fingerprint density at radius 3 is 2.41 bits per heavy atom. The summed E-state index contributed by atoms with van der Waals surface area (Å²) in [5.74, 6) is -0.209. The second-order valence-electron chi connectivity index (χ2n) is 5.61. The van der Waals surface area contributed by atoms with E-state index in [1.807, 2.05) is 6.07 Å². The minimum atomic E-state index is -0.209. The molecule has 0 radical (unpaired) electrons. The molecule has 0 bridgehead atoms. The van der Waals surface area contributed by atoms with Crippen LogP contribution in [0.25, 0.3) is 0 Å². The fraction of sp³-hybridized carbons (Fsp3) is 0.353. The van der Waals surface area contributed by atoms with Crippen LogP contribution >= 0.6 is 15.9 Å². The molecule has 1 aliphatic rings. The first kappa shape index (κ1) is 15.6. The monoisotopic (exact) mass is 363 g/mol. The van der Waals surface area contributed by atoms with Crippen molar-refractivity contribution >= 4 is 15.9 Å². The van der Waals surface area contributed by atoms with Crippen LogP contribution in [0.2, 0.25) is 0 Å². The van der Waals surface area contributed by atoms with Crippen molar-refractivity contribution in [3.8, 4) is 0 Å². The first-order chi connectivity index (χ1) is 10.7. The number of pyridine rings is 1. The van der Waals surface area contributed by atoms with Gasteiger partial charge in [-0.2, -0.15) is 0 Å². The van der Waals surface area contributed by atoms with Gasteiger partial charge in [0.05, 0.1) is 5.69 Å². The summed E-state index contributed by atoms with van der Waals surface area (Å²) in [6, 6.07) is 11.5. The molecule has 22 heavy (non-hydrogen) atoms. The number of halogens is 2. The van der Waals surface area contributed by atoms with Crippen LogP contribution in [0.3, 0.4) is 0 Å². The summed E-state index contributed by atoms with van der Waals surface area (Å²) in [5.41, 5.74) is 1.86. The molecule has 0 spiro atoms. The Labute approximate surface area is 138 Å². The van der Waals surface area contributed by atoms with Gasteiger partial charge in [-0.1, -0.05) is 28.1 Å². The SMILES string of the molecule is Fc1cccnc1CN1CCN(Cc2cccc(Br)c2)CC1. The van der Waals surface area contributed by atoms with Gasteiger partial charge in [0.1, 0.15) is 5.82 Å². The van der Waals surface area contributed by atoms with Crippen LogP contribution in [0.5, 0.6) is 0 Å². The van der Waals surface area contributed by atoms with E-state index in [0.717, 1.165) is 37.2 Å². The summed E-state index contributed by atoms with van der Waals surface area (Å²) in [5, 5.41) is 0. The Hall–Kier alpha value is -1.30. The van der Waals surface area contributed by atoms with Crippen LogP contribution < -0.4 is 0 Å². The van der Waals surface area contributed by atoms with Gasteiger partial charge in [-0.25, -0.2) is 4.39 Å². The van der Waals surface area contributed by atoms with Crippen molar-refractivity contribution in [1.82, 2.24) is 14.8 Å². The quantitative estimate of drug-likeness (QED) is 0.830. The zero-order valence-electron chi connectivity index (χ0n) is 12.4. The lowest BCUT2D eigenvalue weighted by Gasteiger charge is -2.34. The highest BCUT2D eigenvalue weighted by atomic mass is 79.9. The van der Waals surface area contributed by atoms with E-state index in [4.69, 9.17) is 0 Å². The Kier molecular flexibility index (Phi) is 5.18. The molecular weight excluding hydrogens is 345 g/mol. The van der Waals surface area contributed by atoms with E-state index < -0.39 is 0 Å². The average molecular weight is 364 g/mol. The molecule has 2 aromatic rings. The van der Waals surface area contributed by atoms with Gasteiger partial charge in [0, 0.05) is 49.9 Å². The summed E-state index contributed by atoms with van der Waals surface area (Å²) in [6.45, 7) is 5.46. The summed E-state index contributed by atoms with van der Waals surface area (Å²) in [6.07, 6.45) is 1.65. The molecule has 5 heteroatoms. The molecule has 3 rings (SSSR count). The van der Waals surface area contributed by atoms with Crippen LogP contribution in [0, 0.1) is 5.82 Å². The molecule has 1 fully saturated rings. The Balaban J connectivity index is 1.51. The van der Waals surface area contributed by atoms with E-state index >= 15 is 0 Å². The topological polar surface area (TPSA) is 19.4 Å². The zero-order chi connectivity index (χ0) is 15.4. The Bertz CT molecular complexity index is 627. The molecule has 0 amide bonds. The largest absolute Gasteiger partial charge is 0.297 e. The van der Waals surface area contributed by atoms with E-state index in [1.54, 1.807) is 12.3 Å². The molecule has 0 N–H and O–H groups in total. The van der Waals surface area contributed by atoms with E-state index in [0.29, 0.717) is 12.2 Å².